The fourth-order valence-corrected chi connectivity index (χ4v) is 1.58. The Morgan fingerprint density at radius 3 is 2.67 bits per heavy atom. The molecule has 0 saturated carbocycles. The summed E-state index contributed by atoms with van der Waals surface area (Å²) in [7, 11) is 0. The molecular formula is C8H16S. The molecule has 0 amide bonds. The maximum Gasteiger partial charge on any atom is -0.000734 e. The Balaban J connectivity index is 3.29. The van der Waals surface area contributed by atoms with Gasteiger partial charge in [0.1, 0.15) is 0 Å². The molecule has 0 aliphatic heterocycles. The molecule has 0 bridgehead atoms. The Hall–Kier alpha value is 0.0900. The van der Waals surface area contributed by atoms with E-state index < -0.39 is 0 Å². The molecular weight excluding hydrogens is 128 g/mol. The van der Waals surface area contributed by atoms with Gasteiger partial charge in [-0.25, -0.2) is 0 Å². The van der Waals surface area contributed by atoms with Gasteiger partial charge in [-0.1, -0.05) is 19.4 Å². The zero-order valence-electron chi connectivity index (χ0n) is 6.39. The van der Waals surface area contributed by atoms with Gasteiger partial charge in [0.2, 0.25) is 0 Å². The minimum Gasteiger partial charge on any atom is -0.165 e. The fraction of sp³-hybridized carbons (Fsp3) is 0.750. The van der Waals surface area contributed by atoms with Crippen LogP contribution >= 0.6 is 11.8 Å². The summed E-state index contributed by atoms with van der Waals surface area (Å²) in [5, 5.41) is 0. The van der Waals surface area contributed by atoms with Crippen molar-refractivity contribution < 1.29 is 0 Å². The summed E-state index contributed by atoms with van der Waals surface area (Å²) in [6.45, 7) is 6.00. The van der Waals surface area contributed by atoms with Crippen LogP contribution in [0.25, 0.3) is 0 Å². The van der Waals surface area contributed by atoms with Crippen LogP contribution in [0.1, 0.15) is 19.8 Å². The first-order valence-electron chi connectivity index (χ1n) is 3.46. The van der Waals surface area contributed by atoms with Crippen molar-refractivity contribution in [3.63, 3.8) is 0 Å². The van der Waals surface area contributed by atoms with E-state index in [9.17, 15) is 0 Å². The highest BCUT2D eigenvalue weighted by atomic mass is 32.2. The third kappa shape index (κ3) is 4.58. The largest absolute Gasteiger partial charge is 0.165 e. The molecule has 0 heterocycles. The Morgan fingerprint density at radius 2 is 2.33 bits per heavy atom. The van der Waals surface area contributed by atoms with E-state index in [0.29, 0.717) is 0 Å². The topological polar surface area (TPSA) is 0 Å². The number of hydrogen-bond donors (Lipinski definition) is 0. The lowest BCUT2D eigenvalue weighted by Crippen LogP contribution is -1.97. The Bertz CT molecular complexity index is 63.0. The van der Waals surface area contributed by atoms with Crippen LogP contribution in [0.2, 0.25) is 0 Å². The molecule has 1 atom stereocenters. The first kappa shape index (κ1) is 9.09. The van der Waals surface area contributed by atoms with Crippen LogP contribution in [-0.2, 0) is 0 Å². The van der Waals surface area contributed by atoms with Gasteiger partial charge in [-0.2, -0.15) is 11.8 Å². The molecule has 9 heavy (non-hydrogen) atoms. The van der Waals surface area contributed by atoms with Crippen molar-refractivity contribution in [3.8, 4) is 0 Å². The highest BCUT2D eigenvalue weighted by Gasteiger charge is 1.99. The van der Waals surface area contributed by atoms with Crippen LogP contribution in [0.4, 0.5) is 0 Å². The van der Waals surface area contributed by atoms with Gasteiger partial charge < -0.3 is 0 Å². The second-order valence-corrected chi connectivity index (χ2v) is 3.15. The van der Waals surface area contributed by atoms with E-state index in [1.165, 1.54) is 18.6 Å². The van der Waals surface area contributed by atoms with E-state index in [4.69, 9.17) is 0 Å². The van der Waals surface area contributed by atoms with E-state index >= 15 is 0 Å². The summed E-state index contributed by atoms with van der Waals surface area (Å²) < 4.78 is 0. The highest BCUT2D eigenvalue weighted by molar-refractivity contribution is 7.98. The first-order chi connectivity index (χ1) is 4.35. The third-order valence-corrected chi connectivity index (χ3v) is 2.14. The van der Waals surface area contributed by atoms with Crippen molar-refractivity contribution in [3.05, 3.63) is 12.7 Å². The van der Waals surface area contributed by atoms with Crippen LogP contribution in [0, 0.1) is 5.92 Å². The van der Waals surface area contributed by atoms with Gasteiger partial charge in [0.25, 0.3) is 0 Å². The van der Waals surface area contributed by atoms with Crippen LogP contribution in [0.15, 0.2) is 12.7 Å². The summed E-state index contributed by atoms with van der Waals surface area (Å²) in [4.78, 5) is 0. The molecule has 0 aromatic heterocycles. The molecule has 0 fully saturated rings. The quantitative estimate of drug-likeness (QED) is 0.535. The van der Waals surface area contributed by atoms with E-state index in [1.54, 1.807) is 0 Å². The second-order valence-electron chi connectivity index (χ2n) is 2.24. The van der Waals surface area contributed by atoms with E-state index in [-0.39, 0.29) is 0 Å². The van der Waals surface area contributed by atoms with Crippen LogP contribution in [-0.4, -0.2) is 12.0 Å². The molecule has 1 heteroatoms. The number of hydrogen-bond acceptors (Lipinski definition) is 1. The molecule has 1 unspecified atom stereocenters. The van der Waals surface area contributed by atoms with Gasteiger partial charge in [0.05, 0.1) is 0 Å². The van der Waals surface area contributed by atoms with Crippen molar-refractivity contribution in [2.45, 2.75) is 19.8 Å². The SMILES string of the molecule is C=CC(CCC)CSC. The first-order valence-corrected chi connectivity index (χ1v) is 4.86. The monoisotopic (exact) mass is 144 g/mol. The molecule has 0 rings (SSSR count). The zero-order chi connectivity index (χ0) is 7.11. The van der Waals surface area contributed by atoms with Crippen molar-refractivity contribution in [1.29, 1.82) is 0 Å². The number of allylic oxidation sites excluding steroid dienone is 1. The Morgan fingerprint density at radius 1 is 1.67 bits per heavy atom. The van der Waals surface area contributed by atoms with Gasteiger partial charge in [-0.05, 0) is 24.3 Å². The number of thioether (sulfide) groups is 1. The van der Waals surface area contributed by atoms with Gasteiger partial charge in [0, 0.05) is 0 Å². The van der Waals surface area contributed by atoms with Crippen LogP contribution in [0.3, 0.4) is 0 Å². The standard InChI is InChI=1S/C8H16S/c1-4-6-8(5-2)7-9-3/h5,8H,2,4,6-7H2,1,3H3. The smallest absolute Gasteiger partial charge is 0.000734 e. The van der Waals surface area contributed by atoms with Crippen molar-refractivity contribution in [2.75, 3.05) is 12.0 Å². The predicted molar refractivity (Wildman–Crippen MR) is 47.0 cm³/mol. The molecule has 0 aliphatic rings. The molecule has 0 nitrogen and oxygen atoms in total. The maximum atomic E-state index is 3.78. The van der Waals surface area contributed by atoms with E-state index in [2.05, 4.69) is 25.8 Å². The van der Waals surface area contributed by atoms with Gasteiger partial charge >= 0.3 is 0 Å². The molecule has 0 spiro atoms. The second kappa shape index (κ2) is 6.21. The highest BCUT2D eigenvalue weighted by Crippen LogP contribution is 2.12. The molecule has 54 valence electrons. The van der Waals surface area contributed by atoms with Gasteiger partial charge in [-0.3, -0.25) is 0 Å². The Kier molecular flexibility index (Phi) is 6.28. The summed E-state index contributed by atoms with van der Waals surface area (Å²) in [5.41, 5.74) is 0. The van der Waals surface area contributed by atoms with Crippen molar-refractivity contribution in [2.24, 2.45) is 5.92 Å². The molecule has 0 radical (unpaired) electrons. The average Bonchev–Trinajstić information content (AvgIpc) is 1.88. The Labute approximate surface area is 62.7 Å². The summed E-state index contributed by atoms with van der Waals surface area (Å²) >= 11 is 1.90. The van der Waals surface area contributed by atoms with Gasteiger partial charge in [0.15, 0.2) is 0 Å². The summed E-state index contributed by atoms with van der Waals surface area (Å²) in [5.74, 6) is 1.97. The molecule has 0 saturated heterocycles. The lowest BCUT2D eigenvalue weighted by Gasteiger charge is -2.07. The summed E-state index contributed by atoms with van der Waals surface area (Å²) in [6, 6.07) is 0. The lowest BCUT2D eigenvalue weighted by atomic mass is 10.1. The van der Waals surface area contributed by atoms with E-state index in [1.807, 2.05) is 11.8 Å². The minimum atomic E-state index is 0.741. The van der Waals surface area contributed by atoms with Crippen LogP contribution in [0.5, 0.6) is 0 Å². The third-order valence-electron chi connectivity index (χ3n) is 1.37. The molecule has 0 aliphatic carbocycles. The lowest BCUT2D eigenvalue weighted by molar-refractivity contribution is 0.645. The molecule has 0 aromatic carbocycles. The van der Waals surface area contributed by atoms with E-state index in [0.717, 1.165) is 5.92 Å². The molecule has 0 aromatic rings. The minimum absolute atomic E-state index is 0.741. The fourth-order valence-electron chi connectivity index (χ4n) is 0.854. The predicted octanol–water partition coefficient (Wildman–Crippen LogP) is 2.95. The maximum absolute atomic E-state index is 3.78. The average molecular weight is 144 g/mol. The normalized spacial score (nSPS) is 13.1. The van der Waals surface area contributed by atoms with Crippen molar-refractivity contribution >= 4 is 11.8 Å². The van der Waals surface area contributed by atoms with Gasteiger partial charge in [-0.15, -0.1) is 6.58 Å². The summed E-state index contributed by atoms with van der Waals surface area (Å²) in [6.07, 6.45) is 6.79. The van der Waals surface area contributed by atoms with Crippen LogP contribution < -0.4 is 0 Å². The van der Waals surface area contributed by atoms with Crippen molar-refractivity contribution in [1.82, 2.24) is 0 Å². The zero-order valence-corrected chi connectivity index (χ0v) is 7.21. The number of rotatable bonds is 5. The molecule has 0 N–H and O–H groups in total.